The van der Waals surface area contributed by atoms with E-state index in [1.165, 1.54) is 6.26 Å². The lowest BCUT2D eigenvalue weighted by Gasteiger charge is -2.20. The van der Waals surface area contributed by atoms with Gasteiger partial charge >= 0.3 is 0 Å². The lowest BCUT2D eigenvalue weighted by atomic mass is 9.97. The topological polar surface area (TPSA) is 63.2 Å². The molecule has 1 saturated carbocycles. The van der Waals surface area contributed by atoms with E-state index in [0.29, 0.717) is 0 Å². The Morgan fingerprint density at radius 2 is 1.75 bits per heavy atom. The van der Waals surface area contributed by atoms with Crippen LogP contribution in [-0.2, 0) is 14.6 Å². The summed E-state index contributed by atoms with van der Waals surface area (Å²) >= 11 is 0. The zero-order chi connectivity index (χ0) is 17.3. The molecule has 0 saturated heterocycles. The number of amides is 1. The molecule has 0 heterocycles. The van der Waals surface area contributed by atoms with Crippen LogP contribution in [0.3, 0.4) is 0 Å². The Bertz CT molecular complexity index is 852. The monoisotopic (exact) mass is 343 g/mol. The normalized spacial score (nSPS) is 15.8. The Balaban J connectivity index is 2.00. The summed E-state index contributed by atoms with van der Waals surface area (Å²) in [5.74, 6) is 0.126. The van der Waals surface area contributed by atoms with E-state index in [0.717, 1.165) is 29.5 Å². The third-order valence-electron chi connectivity index (χ3n) is 4.26. The van der Waals surface area contributed by atoms with Crippen molar-refractivity contribution in [3.05, 3.63) is 65.2 Å². The number of sulfone groups is 1. The van der Waals surface area contributed by atoms with Crippen molar-refractivity contribution in [2.75, 3.05) is 6.26 Å². The third-order valence-corrected chi connectivity index (χ3v) is 5.38. The summed E-state index contributed by atoms with van der Waals surface area (Å²) in [5, 5.41) is 3.08. The molecule has 1 amide bonds. The highest BCUT2D eigenvalue weighted by Crippen LogP contribution is 2.31. The zero-order valence-electron chi connectivity index (χ0n) is 13.8. The fraction of sp³-hybridized carbons (Fsp3) is 0.316. The fourth-order valence-corrected chi connectivity index (χ4v) is 3.32. The first kappa shape index (κ1) is 16.7. The second kappa shape index (κ2) is 6.40. The van der Waals surface area contributed by atoms with E-state index in [-0.39, 0.29) is 22.8 Å². The largest absolute Gasteiger partial charge is 0.345 e. The number of carbonyl (C=O) groups excluding carboxylic acids is 1. The van der Waals surface area contributed by atoms with Gasteiger partial charge in [-0.1, -0.05) is 42.0 Å². The Morgan fingerprint density at radius 3 is 2.33 bits per heavy atom. The number of hydrogen-bond donors (Lipinski definition) is 1. The van der Waals surface area contributed by atoms with E-state index in [2.05, 4.69) is 5.32 Å². The van der Waals surface area contributed by atoms with E-state index in [1.54, 1.807) is 18.2 Å². The van der Waals surface area contributed by atoms with Crippen LogP contribution in [0.15, 0.2) is 53.4 Å². The van der Waals surface area contributed by atoms with Crippen molar-refractivity contribution in [2.24, 2.45) is 5.92 Å². The van der Waals surface area contributed by atoms with Crippen molar-refractivity contribution < 1.29 is 13.2 Å². The van der Waals surface area contributed by atoms with Crippen LogP contribution < -0.4 is 5.32 Å². The van der Waals surface area contributed by atoms with Crippen molar-refractivity contribution in [1.82, 2.24) is 5.32 Å². The summed E-state index contributed by atoms with van der Waals surface area (Å²) in [5.41, 5.74) is 2.85. The van der Waals surface area contributed by atoms with Gasteiger partial charge in [-0.2, -0.15) is 0 Å². The molecule has 3 rings (SSSR count). The number of aryl methyl sites for hydroxylation is 1. The summed E-state index contributed by atoms with van der Waals surface area (Å²) in [6, 6.07) is 14.4. The van der Waals surface area contributed by atoms with E-state index >= 15 is 0 Å². The molecule has 5 heteroatoms. The number of rotatable bonds is 5. The molecule has 1 N–H and O–H groups in total. The van der Waals surface area contributed by atoms with Crippen LogP contribution >= 0.6 is 0 Å². The molecule has 0 aromatic heterocycles. The van der Waals surface area contributed by atoms with Crippen LogP contribution in [0.5, 0.6) is 0 Å². The number of benzene rings is 2. The van der Waals surface area contributed by atoms with E-state index in [4.69, 9.17) is 0 Å². The molecular formula is C19H21NO3S. The molecule has 4 nitrogen and oxygen atoms in total. The van der Waals surface area contributed by atoms with Crippen molar-refractivity contribution in [3.63, 3.8) is 0 Å². The Hall–Kier alpha value is -2.14. The molecule has 0 radical (unpaired) electrons. The average molecular weight is 343 g/mol. The summed E-state index contributed by atoms with van der Waals surface area (Å²) in [6.07, 6.45) is 3.04. The molecule has 0 spiro atoms. The maximum atomic E-state index is 12.3. The Labute approximate surface area is 142 Å². The van der Waals surface area contributed by atoms with Gasteiger partial charge < -0.3 is 5.32 Å². The van der Waals surface area contributed by atoms with Crippen LogP contribution in [0.1, 0.15) is 35.6 Å². The van der Waals surface area contributed by atoms with Gasteiger partial charge in [-0.05, 0) is 43.0 Å². The third kappa shape index (κ3) is 3.85. The van der Waals surface area contributed by atoms with Crippen LogP contribution in [0.2, 0.25) is 0 Å². The molecule has 126 valence electrons. The predicted octanol–water partition coefficient (Wildman–Crippen LogP) is 3.01. The molecule has 1 aliphatic carbocycles. The predicted molar refractivity (Wildman–Crippen MR) is 93.4 cm³/mol. The van der Waals surface area contributed by atoms with Crippen LogP contribution in [0.25, 0.3) is 0 Å². The SMILES string of the molecule is Cc1ccc(C(NC(=O)C2CC2)c2cccc(S(C)(=O)=O)c2)cc1. The average Bonchev–Trinajstić information content (AvgIpc) is 3.38. The highest BCUT2D eigenvalue weighted by atomic mass is 32.2. The second-order valence-electron chi connectivity index (χ2n) is 6.47. The van der Waals surface area contributed by atoms with Gasteiger partial charge in [0, 0.05) is 12.2 Å². The Kier molecular flexibility index (Phi) is 4.45. The summed E-state index contributed by atoms with van der Waals surface area (Å²) in [4.78, 5) is 12.5. The highest BCUT2D eigenvalue weighted by molar-refractivity contribution is 7.90. The number of hydrogen-bond acceptors (Lipinski definition) is 3. The summed E-state index contributed by atoms with van der Waals surface area (Å²) < 4.78 is 23.7. The molecule has 2 aromatic carbocycles. The van der Waals surface area contributed by atoms with Gasteiger partial charge in [-0.15, -0.1) is 0 Å². The maximum absolute atomic E-state index is 12.3. The summed E-state index contributed by atoms with van der Waals surface area (Å²) in [6.45, 7) is 2.01. The van der Waals surface area contributed by atoms with Crippen molar-refractivity contribution >= 4 is 15.7 Å². The van der Waals surface area contributed by atoms with Gasteiger partial charge in [0.25, 0.3) is 0 Å². The maximum Gasteiger partial charge on any atom is 0.223 e. The zero-order valence-corrected chi connectivity index (χ0v) is 14.6. The van der Waals surface area contributed by atoms with Gasteiger partial charge in [-0.3, -0.25) is 4.79 Å². The van der Waals surface area contributed by atoms with Crippen LogP contribution in [0, 0.1) is 12.8 Å². The van der Waals surface area contributed by atoms with Crippen LogP contribution in [0.4, 0.5) is 0 Å². The van der Waals surface area contributed by atoms with Crippen LogP contribution in [-0.4, -0.2) is 20.6 Å². The molecule has 2 aromatic rings. The molecule has 0 bridgehead atoms. The number of nitrogens with one attached hydrogen (secondary N) is 1. The second-order valence-corrected chi connectivity index (χ2v) is 8.49. The lowest BCUT2D eigenvalue weighted by Crippen LogP contribution is -2.30. The molecule has 1 aliphatic rings. The van der Waals surface area contributed by atoms with Crippen molar-refractivity contribution in [1.29, 1.82) is 0 Å². The minimum atomic E-state index is -3.29. The smallest absolute Gasteiger partial charge is 0.223 e. The van der Waals surface area contributed by atoms with Gasteiger partial charge in [0.1, 0.15) is 0 Å². The van der Waals surface area contributed by atoms with Gasteiger partial charge in [0.2, 0.25) is 5.91 Å². The van der Waals surface area contributed by atoms with Crippen molar-refractivity contribution in [3.8, 4) is 0 Å². The Morgan fingerprint density at radius 1 is 1.08 bits per heavy atom. The number of carbonyl (C=O) groups is 1. The molecular weight excluding hydrogens is 322 g/mol. The van der Waals surface area contributed by atoms with E-state index < -0.39 is 9.84 Å². The first-order chi connectivity index (χ1) is 11.3. The van der Waals surface area contributed by atoms with E-state index in [9.17, 15) is 13.2 Å². The summed E-state index contributed by atoms with van der Waals surface area (Å²) in [7, 11) is -3.29. The molecule has 24 heavy (non-hydrogen) atoms. The molecule has 1 unspecified atom stereocenters. The van der Waals surface area contributed by atoms with E-state index in [1.807, 2.05) is 37.3 Å². The van der Waals surface area contributed by atoms with Gasteiger partial charge in [0.15, 0.2) is 9.84 Å². The van der Waals surface area contributed by atoms with Crippen molar-refractivity contribution in [2.45, 2.75) is 30.7 Å². The lowest BCUT2D eigenvalue weighted by molar-refractivity contribution is -0.122. The minimum absolute atomic E-state index is 0.0327. The molecule has 1 fully saturated rings. The highest BCUT2D eigenvalue weighted by Gasteiger charge is 2.31. The molecule has 0 aliphatic heterocycles. The first-order valence-corrected chi connectivity index (χ1v) is 9.91. The first-order valence-electron chi connectivity index (χ1n) is 8.01. The van der Waals surface area contributed by atoms with Gasteiger partial charge in [0.05, 0.1) is 10.9 Å². The van der Waals surface area contributed by atoms with Gasteiger partial charge in [-0.25, -0.2) is 8.42 Å². The quantitative estimate of drug-likeness (QED) is 0.908. The molecule has 1 atom stereocenters. The minimum Gasteiger partial charge on any atom is -0.345 e. The fourth-order valence-electron chi connectivity index (χ4n) is 2.65. The standard InChI is InChI=1S/C19H21NO3S/c1-13-6-8-14(9-7-13)18(20-19(21)15-10-11-15)16-4-3-5-17(12-16)24(2,22)23/h3-9,12,15,18H,10-11H2,1-2H3,(H,20,21).